The maximum absolute atomic E-state index is 5.23. The number of methoxy groups -OCH3 is 1. The lowest BCUT2D eigenvalue weighted by Gasteiger charge is -2.11. The van der Waals surface area contributed by atoms with Crippen molar-refractivity contribution in [1.29, 1.82) is 0 Å². The van der Waals surface area contributed by atoms with E-state index in [9.17, 15) is 0 Å². The van der Waals surface area contributed by atoms with Crippen molar-refractivity contribution in [2.75, 3.05) is 7.11 Å². The first-order valence-corrected chi connectivity index (χ1v) is 7.81. The Morgan fingerprint density at radius 2 is 1.33 bits per heavy atom. The lowest BCUT2D eigenvalue weighted by atomic mass is 9.97. The molecule has 0 aliphatic carbocycles. The van der Waals surface area contributed by atoms with E-state index < -0.39 is 0 Å². The first kappa shape index (κ1) is 15.8. The van der Waals surface area contributed by atoms with Crippen LogP contribution in [0.3, 0.4) is 0 Å². The topological polar surface area (TPSA) is 21.6 Å². The minimum absolute atomic E-state index is 0.827. The van der Waals surface area contributed by atoms with Gasteiger partial charge in [-0.3, -0.25) is 0 Å². The van der Waals surface area contributed by atoms with Crippen LogP contribution in [0.4, 0.5) is 5.69 Å². The van der Waals surface area contributed by atoms with E-state index in [1.165, 1.54) is 0 Å². The van der Waals surface area contributed by atoms with Crippen LogP contribution in [0.15, 0.2) is 96.5 Å². The third-order valence-corrected chi connectivity index (χ3v) is 3.77. The molecule has 0 saturated carbocycles. The highest BCUT2D eigenvalue weighted by Crippen LogP contribution is 2.24. The van der Waals surface area contributed by atoms with Gasteiger partial charge in [-0.15, -0.1) is 0 Å². The normalized spacial score (nSPS) is 11.1. The van der Waals surface area contributed by atoms with Crippen molar-refractivity contribution < 1.29 is 4.74 Å². The van der Waals surface area contributed by atoms with E-state index in [0.29, 0.717) is 0 Å². The molecule has 0 N–H and O–H groups in total. The number of hydrogen-bond donors (Lipinski definition) is 0. The fourth-order valence-electron chi connectivity index (χ4n) is 2.46. The smallest absolute Gasteiger partial charge is 0.118 e. The summed E-state index contributed by atoms with van der Waals surface area (Å²) in [6.07, 6.45) is 0. The number of hydrogen-bond acceptors (Lipinski definition) is 2. The van der Waals surface area contributed by atoms with Crippen LogP contribution in [-0.4, -0.2) is 12.8 Å². The van der Waals surface area contributed by atoms with E-state index in [2.05, 4.69) is 18.7 Å². The van der Waals surface area contributed by atoms with E-state index in [1.54, 1.807) is 7.11 Å². The van der Waals surface area contributed by atoms with Crippen LogP contribution in [0, 0.1) is 0 Å². The van der Waals surface area contributed by atoms with Crippen molar-refractivity contribution in [3.8, 4) is 5.75 Å². The number of aliphatic imine (C=N–C) groups is 1. The third-order valence-electron chi connectivity index (χ3n) is 3.77. The van der Waals surface area contributed by atoms with Gasteiger partial charge >= 0.3 is 0 Å². The highest BCUT2D eigenvalue weighted by atomic mass is 16.5. The van der Waals surface area contributed by atoms with E-state index in [1.807, 2.05) is 72.8 Å². The molecule has 0 aliphatic heterocycles. The van der Waals surface area contributed by atoms with Crippen molar-refractivity contribution in [3.05, 3.63) is 103 Å². The fraction of sp³-hybridized carbons (Fsp3) is 0.0455. The quantitative estimate of drug-likeness (QED) is 0.568. The predicted molar refractivity (Wildman–Crippen MR) is 101 cm³/mol. The molecule has 3 aromatic rings. The van der Waals surface area contributed by atoms with Gasteiger partial charge in [0.1, 0.15) is 5.75 Å². The van der Waals surface area contributed by atoms with Gasteiger partial charge in [-0.05, 0) is 29.8 Å². The molecule has 0 radical (unpaired) electrons. The molecule has 24 heavy (non-hydrogen) atoms. The number of rotatable bonds is 5. The standard InChI is InChI=1S/C22H19NO/c1-17(18-13-15-21(24-2)16-14-18)22(19-9-5-3-6-10-19)23-20-11-7-4-8-12-20/h3-16H,1H2,2H3. The largest absolute Gasteiger partial charge is 0.497 e. The molecule has 0 fully saturated rings. The van der Waals surface area contributed by atoms with Crippen LogP contribution in [0.2, 0.25) is 0 Å². The van der Waals surface area contributed by atoms with Gasteiger partial charge in [0.15, 0.2) is 0 Å². The van der Waals surface area contributed by atoms with Crippen molar-refractivity contribution in [3.63, 3.8) is 0 Å². The molecule has 2 nitrogen and oxygen atoms in total. The van der Waals surface area contributed by atoms with Gasteiger partial charge in [0.2, 0.25) is 0 Å². The Morgan fingerprint density at radius 3 is 1.92 bits per heavy atom. The maximum atomic E-state index is 5.23. The minimum Gasteiger partial charge on any atom is -0.497 e. The maximum Gasteiger partial charge on any atom is 0.118 e. The monoisotopic (exact) mass is 313 g/mol. The van der Waals surface area contributed by atoms with Gasteiger partial charge in [0, 0.05) is 11.1 Å². The molecular weight excluding hydrogens is 294 g/mol. The van der Waals surface area contributed by atoms with E-state index in [4.69, 9.17) is 9.73 Å². The Bertz CT molecular complexity index is 834. The van der Waals surface area contributed by atoms with Crippen molar-refractivity contribution in [2.24, 2.45) is 4.99 Å². The predicted octanol–water partition coefficient (Wildman–Crippen LogP) is 5.53. The Balaban J connectivity index is 2.04. The van der Waals surface area contributed by atoms with Crippen molar-refractivity contribution in [1.82, 2.24) is 0 Å². The highest BCUT2D eigenvalue weighted by molar-refractivity contribution is 6.31. The van der Waals surface area contributed by atoms with Crippen LogP contribution in [0.5, 0.6) is 5.75 Å². The second kappa shape index (κ2) is 7.42. The van der Waals surface area contributed by atoms with E-state index in [0.717, 1.165) is 33.8 Å². The number of benzene rings is 3. The average Bonchev–Trinajstić information content (AvgIpc) is 2.67. The first-order chi connectivity index (χ1) is 11.8. The fourth-order valence-corrected chi connectivity index (χ4v) is 2.46. The Labute approximate surface area is 142 Å². The molecule has 0 bridgehead atoms. The molecule has 0 saturated heterocycles. The Kier molecular flexibility index (Phi) is 4.87. The molecule has 0 aliphatic rings. The molecule has 3 rings (SSSR count). The highest BCUT2D eigenvalue weighted by Gasteiger charge is 2.10. The lowest BCUT2D eigenvalue weighted by molar-refractivity contribution is 0.415. The molecule has 0 unspecified atom stereocenters. The van der Waals surface area contributed by atoms with Crippen molar-refractivity contribution in [2.45, 2.75) is 0 Å². The van der Waals surface area contributed by atoms with Gasteiger partial charge in [-0.1, -0.05) is 67.2 Å². The SMILES string of the molecule is C=C(C(=Nc1ccccc1)c1ccccc1)c1ccc(OC)cc1. The Morgan fingerprint density at radius 1 is 0.750 bits per heavy atom. The van der Waals surface area contributed by atoms with Crippen LogP contribution >= 0.6 is 0 Å². The molecule has 0 spiro atoms. The van der Waals surface area contributed by atoms with Crippen molar-refractivity contribution >= 4 is 17.0 Å². The molecule has 3 aromatic carbocycles. The van der Waals surface area contributed by atoms with Gasteiger partial charge in [-0.25, -0.2) is 4.99 Å². The zero-order valence-corrected chi connectivity index (χ0v) is 13.6. The van der Waals surface area contributed by atoms with Crippen LogP contribution in [0.1, 0.15) is 11.1 Å². The third kappa shape index (κ3) is 3.61. The second-order valence-electron chi connectivity index (χ2n) is 5.37. The summed E-state index contributed by atoms with van der Waals surface area (Å²) in [7, 11) is 1.66. The van der Waals surface area contributed by atoms with Crippen LogP contribution in [-0.2, 0) is 0 Å². The summed E-state index contributed by atoms with van der Waals surface area (Å²) in [5, 5.41) is 0. The van der Waals surface area contributed by atoms with Crippen LogP contribution < -0.4 is 4.74 Å². The minimum atomic E-state index is 0.827. The summed E-state index contributed by atoms with van der Waals surface area (Å²) in [5.41, 5.74) is 4.72. The number of allylic oxidation sites excluding steroid dienone is 1. The Hall–Kier alpha value is -3.13. The summed E-state index contributed by atoms with van der Waals surface area (Å²) in [5.74, 6) is 0.827. The second-order valence-corrected chi connectivity index (χ2v) is 5.37. The molecule has 0 heterocycles. The van der Waals surface area contributed by atoms with Gasteiger partial charge < -0.3 is 4.74 Å². The number of ether oxygens (including phenoxy) is 1. The molecule has 2 heteroatoms. The molecular formula is C22H19NO. The summed E-state index contributed by atoms with van der Waals surface area (Å²) in [4.78, 5) is 4.83. The van der Waals surface area contributed by atoms with Gasteiger partial charge in [0.05, 0.1) is 18.5 Å². The summed E-state index contributed by atoms with van der Waals surface area (Å²) < 4.78 is 5.23. The number of para-hydroxylation sites is 1. The zero-order chi connectivity index (χ0) is 16.8. The van der Waals surface area contributed by atoms with E-state index in [-0.39, 0.29) is 0 Å². The van der Waals surface area contributed by atoms with Crippen LogP contribution in [0.25, 0.3) is 5.57 Å². The van der Waals surface area contributed by atoms with E-state index >= 15 is 0 Å². The molecule has 118 valence electrons. The summed E-state index contributed by atoms with van der Waals surface area (Å²) >= 11 is 0. The zero-order valence-electron chi connectivity index (χ0n) is 13.6. The molecule has 0 atom stereocenters. The van der Waals surface area contributed by atoms with Gasteiger partial charge in [-0.2, -0.15) is 0 Å². The average molecular weight is 313 g/mol. The summed E-state index contributed by atoms with van der Waals surface area (Å²) in [6, 6.07) is 27.9. The summed E-state index contributed by atoms with van der Waals surface area (Å²) in [6.45, 7) is 4.28. The molecule has 0 amide bonds. The first-order valence-electron chi connectivity index (χ1n) is 7.81. The van der Waals surface area contributed by atoms with Gasteiger partial charge in [0.25, 0.3) is 0 Å². The molecule has 0 aromatic heterocycles. The lowest BCUT2D eigenvalue weighted by Crippen LogP contribution is -2.03. The number of nitrogens with zero attached hydrogens (tertiary/aromatic N) is 1.